The number of amides is 1. The smallest absolute Gasteiger partial charge is 0.254 e. The predicted molar refractivity (Wildman–Crippen MR) is 91.7 cm³/mol. The number of rotatable bonds is 3. The Morgan fingerprint density at radius 3 is 2.83 bits per heavy atom. The molecule has 1 saturated heterocycles. The van der Waals surface area contributed by atoms with Crippen LogP contribution in [0, 0.1) is 0 Å². The molecule has 0 radical (unpaired) electrons. The summed E-state index contributed by atoms with van der Waals surface area (Å²) >= 11 is 1.62. The van der Waals surface area contributed by atoms with Crippen LogP contribution in [0.5, 0.6) is 0 Å². The van der Waals surface area contributed by atoms with E-state index in [1.807, 2.05) is 40.7 Å². The molecule has 1 aliphatic rings. The van der Waals surface area contributed by atoms with Gasteiger partial charge < -0.3 is 9.32 Å². The molecule has 24 heavy (non-hydrogen) atoms. The van der Waals surface area contributed by atoms with E-state index >= 15 is 0 Å². The summed E-state index contributed by atoms with van der Waals surface area (Å²) in [6, 6.07) is 7.60. The first kappa shape index (κ1) is 15.1. The number of piperidine rings is 1. The molecule has 1 unspecified atom stereocenters. The van der Waals surface area contributed by atoms with E-state index in [2.05, 4.69) is 9.97 Å². The number of thiazole rings is 1. The number of nitrogens with zero attached hydrogens (tertiary/aromatic N) is 3. The molecule has 6 heteroatoms. The molecule has 122 valence electrons. The van der Waals surface area contributed by atoms with Crippen molar-refractivity contribution in [3.8, 4) is 11.3 Å². The van der Waals surface area contributed by atoms with Crippen molar-refractivity contribution >= 4 is 17.2 Å². The summed E-state index contributed by atoms with van der Waals surface area (Å²) in [6.45, 7) is 0.785. The Bertz CT molecular complexity index is 797. The first-order valence-electron chi connectivity index (χ1n) is 8.02. The lowest BCUT2D eigenvalue weighted by molar-refractivity contribution is 0.0611. The van der Waals surface area contributed by atoms with Gasteiger partial charge in [0.25, 0.3) is 5.91 Å². The second-order valence-electron chi connectivity index (χ2n) is 5.82. The van der Waals surface area contributed by atoms with Crippen LogP contribution in [-0.2, 0) is 0 Å². The number of likely N-dealkylation sites (tertiary alicyclic amines) is 1. The minimum atomic E-state index is 0.0685. The lowest BCUT2D eigenvalue weighted by Gasteiger charge is -2.34. The molecule has 1 aliphatic heterocycles. The maximum atomic E-state index is 13.0. The number of hydrogen-bond acceptors (Lipinski definition) is 5. The predicted octanol–water partition coefficient (Wildman–Crippen LogP) is 4.17. The molecular formula is C18H17N3O2S. The Labute approximate surface area is 144 Å². The largest absolute Gasteiger partial charge is 0.444 e. The molecule has 2 aromatic heterocycles. The van der Waals surface area contributed by atoms with Crippen molar-refractivity contribution in [2.75, 3.05) is 6.54 Å². The van der Waals surface area contributed by atoms with Crippen LogP contribution in [0.1, 0.15) is 40.7 Å². The molecule has 3 aromatic rings. The molecule has 5 nitrogen and oxygen atoms in total. The highest BCUT2D eigenvalue weighted by atomic mass is 32.1. The SMILES string of the molecule is O=C(c1ccc(-c2cnco2)cc1)N1CCCCC1c1nccs1. The Hall–Kier alpha value is -2.47. The van der Waals surface area contributed by atoms with Crippen LogP contribution in [0.4, 0.5) is 0 Å². The highest BCUT2D eigenvalue weighted by Gasteiger charge is 2.30. The fraction of sp³-hybridized carbons (Fsp3) is 0.278. The first-order valence-corrected chi connectivity index (χ1v) is 8.90. The number of carbonyl (C=O) groups excluding carboxylic acids is 1. The second-order valence-corrected chi connectivity index (χ2v) is 6.75. The van der Waals surface area contributed by atoms with Crippen LogP contribution in [0.15, 0.2) is 52.9 Å². The Morgan fingerprint density at radius 1 is 1.25 bits per heavy atom. The molecule has 1 fully saturated rings. The molecule has 0 saturated carbocycles. The topological polar surface area (TPSA) is 59.2 Å². The fourth-order valence-electron chi connectivity index (χ4n) is 3.13. The maximum Gasteiger partial charge on any atom is 0.254 e. The van der Waals surface area contributed by atoms with E-state index < -0.39 is 0 Å². The van der Waals surface area contributed by atoms with Gasteiger partial charge >= 0.3 is 0 Å². The van der Waals surface area contributed by atoms with Crippen molar-refractivity contribution in [3.63, 3.8) is 0 Å². The van der Waals surface area contributed by atoms with Gasteiger partial charge in [0.05, 0.1) is 12.2 Å². The van der Waals surface area contributed by atoms with E-state index in [9.17, 15) is 4.79 Å². The summed E-state index contributed by atoms with van der Waals surface area (Å²) in [5, 5.41) is 3.00. The van der Waals surface area contributed by atoms with Gasteiger partial charge in [0, 0.05) is 29.2 Å². The third-order valence-corrected chi connectivity index (χ3v) is 5.23. The molecule has 1 amide bonds. The zero-order valence-corrected chi connectivity index (χ0v) is 13.9. The van der Waals surface area contributed by atoms with Gasteiger partial charge in [0.15, 0.2) is 12.2 Å². The quantitative estimate of drug-likeness (QED) is 0.719. The highest BCUT2D eigenvalue weighted by Crippen LogP contribution is 2.33. The monoisotopic (exact) mass is 339 g/mol. The minimum Gasteiger partial charge on any atom is -0.444 e. The average molecular weight is 339 g/mol. The second kappa shape index (κ2) is 6.57. The Kier molecular flexibility index (Phi) is 4.13. The molecule has 3 heterocycles. The standard InChI is InChI=1S/C18H17N3O2S/c22-18(14-6-4-13(5-7-14)16-11-19-12-23-16)21-9-2-1-3-15(21)17-20-8-10-24-17/h4-8,10-12,15H,1-3,9H2. The maximum absolute atomic E-state index is 13.0. The molecule has 0 aliphatic carbocycles. The van der Waals surface area contributed by atoms with Crippen molar-refractivity contribution in [3.05, 3.63) is 59.0 Å². The third kappa shape index (κ3) is 2.85. The van der Waals surface area contributed by atoms with Gasteiger partial charge in [-0.1, -0.05) is 12.1 Å². The summed E-state index contributed by atoms with van der Waals surface area (Å²) in [6.07, 6.45) is 8.04. The van der Waals surface area contributed by atoms with E-state index in [1.165, 1.54) is 6.39 Å². The lowest BCUT2D eigenvalue weighted by atomic mass is 10.0. The van der Waals surface area contributed by atoms with Crippen molar-refractivity contribution in [1.82, 2.24) is 14.9 Å². The summed E-state index contributed by atoms with van der Waals surface area (Å²) in [7, 11) is 0. The van der Waals surface area contributed by atoms with Crippen molar-refractivity contribution < 1.29 is 9.21 Å². The fourth-order valence-corrected chi connectivity index (χ4v) is 3.92. The molecule has 1 aromatic carbocycles. The van der Waals surface area contributed by atoms with Crippen LogP contribution < -0.4 is 0 Å². The van der Waals surface area contributed by atoms with Crippen LogP contribution in [0.25, 0.3) is 11.3 Å². The summed E-state index contributed by atoms with van der Waals surface area (Å²) in [4.78, 5) is 23.3. The van der Waals surface area contributed by atoms with Gasteiger partial charge in [-0.2, -0.15) is 0 Å². The molecular weight excluding hydrogens is 322 g/mol. The molecule has 4 rings (SSSR count). The van der Waals surface area contributed by atoms with Crippen LogP contribution in [0.3, 0.4) is 0 Å². The van der Waals surface area contributed by atoms with E-state index in [0.29, 0.717) is 11.3 Å². The number of hydrogen-bond donors (Lipinski definition) is 0. The van der Waals surface area contributed by atoms with Gasteiger partial charge in [-0.05, 0) is 31.4 Å². The van der Waals surface area contributed by atoms with E-state index in [0.717, 1.165) is 36.4 Å². The molecule has 0 bridgehead atoms. The van der Waals surface area contributed by atoms with Gasteiger partial charge in [0.2, 0.25) is 0 Å². The molecule has 0 spiro atoms. The average Bonchev–Trinajstić information content (AvgIpc) is 3.35. The Balaban J connectivity index is 1.57. The lowest BCUT2D eigenvalue weighted by Crippen LogP contribution is -2.38. The van der Waals surface area contributed by atoms with Crippen LogP contribution in [0.2, 0.25) is 0 Å². The van der Waals surface area contributed by atoms with E-state index in [4.69, 9.17) is 4.42 Å². The van der Waals surface area contributed by atoms with E-state index in [1.54, 1.807) is 17.5 Å². The van der Waals surface area contributed by atoms with Gasteiger partial charge in [-0.15, -0.1) is 11.3 Å². The summed E-state index contributed by atoms with van der Waals surface area (Å²) < 4.78 is 5.29. The summed E-state index contributed by atoms with van der Waals surface area (Å²) in [5.41, 5.74) is 1.61. The first-order chi connectivity index (χ1) is 11.8. The van der Waals surface area contributed by atoms with Crippen molar-refractivity contribution in [1.29, 1.82) is 0 Å². The number of oxazole rings is 1. The third-order valence-electron chi connectivity index (χ3n) is 4.35. The Morgan fingerprint density at radius 2 is 2.12 bits per heavy atom. The zero-order chi connectivity index (χ0) is 16.4. The van der Waals surface area contributed by atoms with Crippen LogP contribution in [-0.4, -0.2) is 27.3 Å². The summed E-state index contributed by atoms with van der Waals surface area (Å²) in [5.74, 6) is 0.770. The van der Waals surface area contributed by atoms with Crippen molar-refractivity contribution in [2.45, 2.75) is 25.3 Å². The molecule has 0 N–H and O–H groups in total. The van der Waals surface area contributed by atoms with Gasteiger partial charge in [-0.3, -0.25) is 4.79 Å². The number of aromatic nitrogens is 2. The zero-order valence-electron chi connectivity index (χ0n) is 13.1. The molecule has 1 atom stereocenters. The van der Waals surface area contributed by atoms with E-state index in [-0.39, 0.29) is 11.9 Å². The number of benzene rings is 1. The van der Waals surface area contributed by atoms with Gasteiger partial charge in [0.1, 0.15) is 5.01 Å². The van der Waals surface area contributed by atoms with Crippen LogP contribution >= 0.6 is 11.3 Å². The number of carbonyl (C=O) groups is 1. The highest BCUT2D eigenvalue weighted by molar-refractivity contribution is 7.09. The van der Waals surface area contributed by atoms with Crippen molar-refractivity contribution in [2.24, 2.45) is 0 Å². The normalized spacial score (nSPS) is 17.8. The minimum absolute atomic E-state index is 0.0685. The van der Waals surface area contributed by atoms with Gasteiger partial charge in [-0.25, -0.2) is 9.97 Å².